The second kappa shape index (κ2) is 5.61. The van der Waals surface area contributed by atoms with Crippen LogP contribution in [0.15, 0.2) is 36.4 Å². The van der Waals surface area contributed by atoms with Crippen LogP contribution in [0.1, 0.15) is 10.4 Å². The zero-order chi connectivity index (χ0) is 14.7. The molecule has 2 aromatic carbocycles. The monoisotopic (exact) mass is 273 g/mol. The SMILES string of the molecule is CN(C)C(=O)COc1ccc2ccccc2c1C(=O)O. The van der Waals surface area contributed by atoms with Crippen LogP contribution in [-0.4, -0.2) is 42.6 Å². The molecule has 0 spiro atoms. The number of benzene rings is 2. The molecule has 2 aromatic rings. The third-order valence-electron chi connectivity index (χ3n) is 2.95. The van der Waals surface area contributed by atoms with Crippen LogP contribution in [0.5, 0.6) is 5.75 Å². The largest absolute Gasteiger partial charge is 0.483 e. The number of fused-ring (bicyclic) bond motifs is 1. The zero-order valence-corrected chi connectivity index (χ0v) is 11.3. The number of carboxylic acids is 1. The number of ether oxygens (including phenoxy) is 1. The molecule has 5 heteroatoms. The maximum absolute atomic E-state index is 11.5. The van der Waals surface area contributed by atoms with Crippen LogP contribution in [0.2, 0.25) is 0 Å². The molecular formula is C15H15NO4. The fraction of sp³-hybridized carbons (Fsp3) is 0.200. The third-order valence-corrected chi connectivity index (χ3v) is 2.95. The molecule has 1 N–H and O–H groups in total. The van der Waals surface area contributed by atoms with Gasteiger partial charge < -0.3 is 14.7 Å². The van der Waals surface area contributed by atoms with E-state index in [0.29, 0.717) is 5.39 Å². The fourth-order valence-corrected chi connectivity index (χ4v) is 1.86. The predicted molar refractivity (Wildman–Crippen MR) is 75.1 cm³/mol. The van der Waals surface area contributed by atoms with E-state index in [2.05, 4.69) is 0 Å². The van der Waals surface area contributed by atoms with Crippen molar-refractivity contribution in [3.05, 3.63) is 42.0 Å². The van der Waals surface area contributed by atoms with Crippen molar-refractivity contribution in [1.82, 2.24) is 4.90 Å². The van der Waals surface area contributed by atoms with Crippen LogP contribution >= 0.6 is 0 Å². The standard InChI is InChI=1S/C15H15NO4/c1-16(2)13(17)9-20-12-8-7-10-5-3-4-6-11(10)14(12)15(18)19/h3-8H,9H2,1-2H3,(H,18,19). The summed E-state index contributed by atoms with van der Waals surface area (Å²) in [4.78, 5) is 24.3. The van der Waals surface area contributed by atoms with Gasteiger partial charge in [0.25, 0.3) is 5.91 Å². The normalized spacial score (nSPS) is 10.3. The lowest BCUT2D eigenvalue weighted by molar-refractivity contribution is -0.130. The minimum Gasteiger partial charge on any atom is -0.483 e. The Labute approximate surface area is 116 Å². The van der Waals surface area contributed by atoms with Crippen molar-refractivity contribution in [3.8, 4) is 5.75 Å². The van der Waals surface area contributed by atoms with Crippen LogP contribution in [0, 0.1) is 0 Å². The van der Waals surface area contributed by atoms with E-state index in [4.69, 9.17) is 4.74 Å². The Morgan fingerprint density at radius 1 is 1.15 bits per heavy atom. The second-order valence-electron chi connectivity index (χ2n) is 4.54. The molecule has 0 saturated heterocycles. The molecular weight excluding hydrogens is 258 g/mol. The van der Waals surface area contributed by atoms with Crippen molar-refractivity contribution < 1.29 is 19.4 Å². The van der Waals surface area contributed by atoms with E-state index in [0.717, 1.165) is 5.39 Å². The minimum absolute atomic E-state index is 0.0784. The van der Waals surface area contributed by atoms with Crippen molar-refractivity contribution in [2.45, 2.75) is 0 Å². The zero-order valence-electron chi connectivity index (χ0n) is 11.3. The first kappa shape index (κ1) is 13.9. The Morgan fingerprint density at radius 3 is 2.50 bits per heavy atom. The fourth-order valence-electron chi connectivity index (χ4n) is 1.86. The smallest absolute Gasteiger partial charge is 0.340 e. The molecule has 0 aliphatic carbocycles. The number of rotatable bonds is 4. The van der Waals surface area contributed by atoms with Gasteiger partial charge in [0.15, 0.2) is 6.61 Å². The molecule has 0 saturated carbocycles. The van der Waals surface area contributed by atoms with Gasteiger partial charge in [-0.3, -0.25) is 4.79 Å². The van der Waals surface area contributed by atoms with Crippen molar-refractivity contribution in [2.24, 2.45) is 0 Å². The molecule has 0 aliphatic heterocycles. The number of hydrogen-bond donors (Lipinski definition) is 1. The highest BCUT2D eigenvalue weighted by molar-refractivity contribution is 6.06. The van der Waals surface area contributed by atoms with Crippen LogP contribution in [0.25, 0.3) is 10.8 Å². The summed E-state index contributed by atoms with van der Waals surface area (Å²) in [6, 6.07) is 10.5. The van der Waals surface area contributed by atoms with Crippen LogP contribution in [-0.2, 0) is 4.79 Å². The van der Waals surface area contributed by atoms with E-state index < -0.39 is 5.97 Å². The third kappa shape index (κ3) is 2.71. The molecule has 0 atom stereocenters. The van der Waals surface area contributed by atoms with Gasteiger partial charge in [0.2, 0.25) is 0 Å². The topological polar surface area (TPSA) is 66.8 Å². The van der Waals surface area contributed by atoms with E-state index in [1.54, 1.807) is 38.4 Å². The highest BCUT2D eigenvalue weighted by atomic mass is 16.5. The molecule has 104 valence electrons. The van der Waals surface area contributed by atoms with Crippen molar-refractivity contribution in [1.29, 1.82) is 0 Å². The first-order valence-corrected chi connectivity index (χ1v) is 6.08. The molecule has 2 rings (SSSR count). The van der Waals surface area contributed by atoms with E-state index in [-0.39, 0.29) is 23.8 Å². The first-order valence-electron chi connectivity index (χ1n) is 6.08. The number of likely N-dealkylation sites (N-methyl/N-ethyl adjacent to an activating group) is 1. The van der Waals surface area contributed by atoms with Crippen molar-refractivity contribution >= 4 is 22.6 Å². The predicted octanol–water partition coefficient (Wildman–Crippen LogP) is 2.00. The highest BCUT2D eigenvalue weighted by Crippen LogP contribution is 2.28. The maximum Gasteiger partial charge on any atom is 0.340 e. The average molecular weight is 273 g/mol. The van der Waals surface area contributed by atoms with Gasteiger partial charge in [-0.25, -0.2) is 4.79 Å². The molecule has 0 radical (unpaired) electrons. The van der Waals surface area contributed by atoms with Crippen molar-refractivity contribution in [2.75, 3.05) is 20.7 Å². The first-order chi connectivity index (χ1) is 9.50. The lowest BCUT2D eigenvalue weighted by atomic mass is 10.0. The molecule has 5 nitrogen and oxygen atoms in total. The molecule has 0 aromatic heterocycles. The summed E-state index contributed by atoms with van der Waals surface area (Å²) in [6.45, 7) is -0.189. The summed E-state index contributed by atoms with van der Waals surface area (Å²) in [6.07, 6.45) is 0. The minimum atomic E-state index is -1.07. The van der Waals surface area contributed by atoms with Gasteiger partial charge in [-0.2, -0.15) is 0 Å². The lowest BCUT2D eigenvalue weighted by Crippen LogP contribution is -2.27. The number of aromatic carboxylic acids is 1. The molecule has 0 fully saturated rings. The molecule has 1 amide bonds. The Bertz CT molecular complexity index is 664. The highest BCUT2D eigenvalue weighted by Gasteiger charge is 2.16. The second-order valence-corrected chi connectivity index (χ2v) is 4.54. The molecule has 0 heterocycles. The Hall–Kier alpha value is -2.56. The number of amides is 1. The van der Waals surface area contributed by atoms with Crippen LogP contribution in [0.3, 0.4) is 0 Å². The molecule has 0 unspecified atom stereocenters. The molecule has 0 bridgehead atoms. The van der Waals surface area contributed by atoms with Gasteiger partial charge in [0.1, 0.15) is 11.3 Å². The number of carboxylic acid groups (broad SMARTS) is 1. The number of carbonyl (C=O) groups is 2. The van der Waals surface area contributed by atoms with E-state index in [1.165, 1.54) is 4.90 Å². The number of hydrogen-bond acceptors (Lipinski definition) is 3. The number of carbonyl (C=O) groups excluding carboxylic acids is 1. The van der Waals surface area contributed by atoms with Gasteiger partial charge >= 0.3 is 5.97 Å². The Morgan fingerprint density at radius 2 is 1.85 bits per heavy atom. The van der Waals surface area contributed by atoms with Crippen LogP contribution < -0.4 is 4.74 Å². The van der Waals surface area contributed by atoms with E-state index >= 15 is 0 Å². The Balaban J connectivity index is 2.40. The van der Waals surface area contributed by atoms with E-state index in [9.17, 15) is 14.7 Å². The van der Waals surface area contributed by atoms with Crippen LogP contribution in [0.4, 0.5) is 0 Å². The average Bonchev–Trinajstić information content (AvgIpc) is 2.43. The summed E-state index contributed by atoms with van der Waals surface area (Å²) in [5, 5.41) is 10.8. The quantitative estimate of drug-likeness (QED) is 0.925. The summed E-state index contributed by atoms with van der Waals surface area (Å²) in [5.41, 5.74) is 0.0784. The summed E-state index contributed by atoms with van der Waals surface area (Å²) >= 11 is 0. The van der Waals surface area contributed by atoms with Gasteiger partial charge in [0, 0.05) is 14.1 Å². The summed E-state index contributed by atoms with van der Waals surface area (Å²) in [7, 11) is 3.23. The lowest BCUT2D eigenvalue weighted by Gasteiger charge is -2.14. The van der Waals surface area contributed by atoms with E-state index in [1.807, 2.05) is 12.1 Å². The number of nitrogens with zero attached hydrogens (tertiary/aromatic N) is 1. The maximum atomic E-state index is 11.5. The van der Waals surface area contributed by atoms with Gasteiger partial charge in [0.05, 0.1) is 0 Å². The Kier molecular flexibility index (Phi) is 3.89. The summed E-state index contributed by atoms with van der Waals surface area (Å²) in [5.74, 6) is -1.10. The van der Waals surface area contributed by atoms with Gasteiger partial charge in [-0.05, 0) is 16.8 Å². The molecule has 0 aliphatic rings. The molecule has 20 heavy (non-hydrogen) atoms. The van der Waals surface area contributed by atoms with Gasteiger partial charge in [-0.1, -0.05) is 30.3 Å². The van der Waals surface area contributed by atoms with Crippen molar-refractivity contribution in [3.63, 3.8) is 0 Å². The van der Waals surface area contributed by atoms with Gasteiger partial charge in [-0.15, -0.1) is 0 Å². The summed E-state index contributed by atoms with van der Waals surface area (Å²) < 4.78 is 5.36.